The molecule has 2 rings (SSSR count). The maximum Gasteiger partial charge on any atom is 0.328 e. The lowest BCUT2D eigenvalue weighted by atomic mass is 9.98. The number of hydrogen-bond donors (Lipinski definition) is 3. The van der Waals surface area contributed by atoms with Gasteiger partial charge < -0.3 is 20.5 Å². The molecule has 0 heterocycles. The monoisotopic (exact) mass is 448 g/mol. The molecule has 30 heavy (non-hydrogen) atoms. The molecule has 6 nitrogen and oxygen atoms in total. The van der Waals surface area contributed by atoms with Crippen molar-refractivity contribution < 1.29 is 19.1 Å². The van der Waals surface area contributed by atoms with E-state index in [4.69, 9.17) is 15.2 Å². The van der Waals surface area contributed by atoms with Gasteiger partial charge in [0.2, 0.25) is 0 Å². The summed E-state index contributed by atoms with van der Waals surface area (Å²) in [4.78, 5) is 25.3. The van der Waals surface area contributed by atoms with Crippen molar-refractivity contribution in [1.29, 1.82) is 0 Å². The maximum absolute atomic E-state index is 13.2. The molecule has 0 aliphatic rings. The zero-order valence-corrected chi connectivity index (χ0v) is 18.9. The van der Waals surface area contributed by atoms with E-state index in [2.05, 4.69) is 17.9 Å². The van der Waals surface area contributed by atoms with Crippen LogP contribution in [0.2, 0.25) is 0 Å². The van der Waals surface area contributed by atoms with Crippen LogP contribution in [0.15, 0.2) is 48.5 Å². The van der Waals surface area contributed by atoms with E-state index in [0.29, 0.717) is 23.5 Å². The summed E-state index contributed by atoms with van der Waals surface area (Å²) >= 11 is 5.76. The Morgan fingerprint density at radius 3 is 2.57 bits per heavy atom. The molecular formula is C22H28N2O4S2. The number of carbonyl (C=O) groups excluding carboxylic acids is 2. The Morgan fingerprint density at radius 1 is 1.20 bits per heavy atom. The number of amides is 1. The van der Waals surface area contributed by atoms with Gasteiger partial charge in [-0.05, 0) is 47.8 Å². The highest BCUT2D eigenvalue weighted by Crippen LogP contribution is 2.28. The lowest BCUT2D eigenvalue weighted by Crippen LogP contribution is -2.42. The number of nitrogens with one attached hydrogen (secondary N) is 1. The molecule has 0 aromatic heterocycles. The summed E-state index contributed by atoms with van der Waals surface area (Å²) in [6.45, 7) is 0.285. The second-order valence-corrected chi connectivity index (χ2v) is 8.01. The number of benzene rings is 2. The summed E-state index contributed by atoms with van der Waals surface area (Å²) in [6.07, 6.45) is 2.42. The molecule has 0 spiro atoms. The number of thiol groups is 1. The van der Waals surface area contributed by atoms with Crippen LogP contribution in [-0.2, 0) is 9.53 Å². The van der Waals surface area contributed by atoms with E-state index in [1.54, 1.807) is 23.9 Å². The third kappa shape index (κ3) is 6.97. The molecule has 1 amide bonds. The number of ether oxygens (including phenoxy) is 2. The second kappa shape index (κ2) is 12.5. The molecule has 2 atom stereocenters. The van der Waals surface area contributed by atoms with Crippen LogP contribution in [0.1, 0.15) is 16.8 Å². The second-order valence-electron chi connectivity index (χ2n) is 6.66. The van der Waals surface area contributed by atoms with Gasteiger partial charge >= 0.3 is 5.97 Å². The first-order chi connectivity index (χ1) is 14.5. The van der Waals surface area contributed by atoms with Gasteiger partial charge in [0.15, 0.2) is 0 Å². The molecule has 3 N–H and O–H groups in total. The van der Waals surface area contributed by atoms with Crippen LogP contribution in [0.25, 0.3) is 11.1 Å². The average Bonchev–Trinajstić information content (AvgIpc) is 2.79. The molecule has 2 aromatic carbocycles. The highest BCUT2D eigenvalue weighted by Gasteiger charge is 2.23. The lowest BCUT2D eigenvalue weighted by molar-refractivity contribution is -0.142. The fraction of sp³-hybridized carbons (Fsp3) is 0.364. The van der Waals surface area contributed by atoms with Crippen LogP contribution in [0.3, 0.4) is 0 Å². The van der Waals surface area contributed by atoms with Crippen molar-refractivity contribution in [2.45, 2.75) is 18.5 Å². The van der Waals surface area contributed by atoms with E-state index >= 15 is 0 Å². The van der Waals surface area contributed by atoms with E-state index < -0.39 is 12.0 Å². The molecule has 0 aliphatic carbocycles. The number of esters is 1. The van der Waals surface area contributed by atoms with Gasteiger partial charge in [0, 0.05) is 11.8 Å². The van der Waals surface area contributed by atoms with Crippen LogP contribution in [-0.4, -0.2) is 55.4 Å². The molecular weight excluding hydrogens is 420 g/mol. The summed E-state index contributed by atoms with van der Waals surface area (Å²) in [5, 5.41) is 2.81. The number of carbonyl (C=O) groups is 2. The van der Waals surface area contributed by atoms with Crippen LogP contribution in [0.5, 0.6) is 5.75 Å². The van der Waals surface area contributed by atoms with Crippen molar-refractivity contribution in [3.63, 3.8) is 0 Å². The molecule has 0 bridgehead atoms. The summed E-state index contributed by atoms with van der Waals surface area (Å²) < 4.78 is 10.6. The summed E-state index contributed by atoms with van der Waals surface area (Å²) in [6, 6.07) is 13.9. The van der Waals surface area contributed by atoms with Gasteiger partial charge in [-0.3, -0.25) is 4.79 Å². The minimum atomic E-state index is -0.722. The van der Waals surface area contributed by atoms with Gasteiger partial charge in [-0.1, -0.05) is 30.3 Å². The van der Waals surface area contributed by atoms with Gasteiger partial charge in [0.1, 0.15) is 18.4 Å². The first-order valence-electron chi connectivity index (χ1n) is 9.56. The first-order valence-corrected chi connectivity index (χ1v) is 11.6. The Labute approximate surface area is 187 Å². The zero-order valence-electron chi connectivity index (χ0n) is 17.2. The molecule has 0 radical (unpaired) electrons. The van der Waals surface area contributed by atoms with Gasteiger partial charge in [0.25, 0.3) is 5.91 Å². The van der Waals surface area contributed by atoms with Crippen molar-refractivity contribution in [3.8, 4) is 16.9 Å². The Balaban J connectivity index is 2.34. The van der Waals surface area contributed by atoms with Crippen molar-refractivity contribution in [3.05, 3.63) is 54.1 Å². The highest BCUT2D eigenvalue weighted by atomic mass is 32.2. The normalized spacial score (nSPS) is 12.7. The molecule has 0 aliphatic heterocycles. The first kappa shape index (κ1) is 24.1. The molecule has 8 heteroatoms. The van der Waals surface area contributed by atoms with E-state index in [-0.39, 0.29) is 18.6 Å². The molecule has 2 unspecified atom stereocenters. The zero-order chi connectivity index (χ0) is 21.9. The SMILES string of the molecule is COC(=O)C(CCSC)NC(=O)c1cc(OCC(N)CS)ccc1-c1ccccc1. The third-order valence-corrected chi connectivity index (χ3v) is 5.53. The maximum atomic E-state index is 13.2. The number of hydrogen-bond acceptors (Lipinski definition) is 7. The summed E-state index contributed by atoms with van der Waals surface area (Å²) in [5.74, 6) is 0.901. The van der Waals surface area contributed by atoms with Crippen molar-refractivity contribution >= 4 is 36.3 Å². The van der Waals surface area contributed by atoms with Crippen LogP contribution in [0, 0.1) is 0 Å². The Kier molecular flexibility index (Phi) is 10.1. The average molecular weight is 449 g/mol. The van der Waals surface area contributed by atoms with Gasteiger partial charge in [-0.2, -0.15) is 24.4 Å². The topological polar surface area (TPSA) is 90.6 Å². The number of rotatable bonds is 11. The van der Waals surface area contributed by atoms with Gasteiger partial charge in [-0.25, -0.2) is 4.79 Å². The molecule has 0 fully saturated rings. The largest absolute Gasteiger partial charge is 0.492 e. The van der Waals surface area contributed by atoms with Crippen LogP contribution >= 0.6 is 24.4 Å². The van der Waals surface area contributed by atoms with E-state index in [9.17, 15) is 9.59 Å². The number of nitrogens with two attached hydrogens (primary N) is 1. The van der Waals surface area contributed by atoms with E-state index in [0.717, 1.165) is 16.9 Å². The van der Waals surface area contributed by atoms with Crippen LogP contribution < -0.4 is 15.8 Å². The third-order valence-electron chi connectivity index (χ3n) is 4.42. The van der Waals surface area contributed by atoms with E-state index in [1.165, 1.54) is 7.11 Å². The quantitative estimate of drug-likeness (QED) is 0.362. The molecule has 0 saturated heterocycles. The highest BCUT2D eigenvalue weighted by molar-refractivity contribution is 7.98. The predicted molar refractivity (Wildman–Crippen MR) is 125 cm³/mol. The minimum absolute atomic E-state index is 0.213. The van der Waals surface area contributed by atoms with Crippen LogP contribution in [0.4, 0.5) is 0 Å². The number of thioether (sulfide) groups is 1. The van der Waals surface area contributed by atoms with Crippen molar-refractivity contribution in [2.24, 2.45) is 5.73 Å². The van der Waals surface area contributed by atoms with Crippen molar-refractivity contribution in [1.82, 2.24) is 5.32 Å². The fourth-order valence-corrected chi connectivity index (χ4v) is 3.37. The Bertz CT molecular complexity index is 833. The predicted octanol–water partition coefficient (Wildman–Crippen LogP) is 3.01. The number of methoxy groups -OCH3 is 1. The Morgan fingerprint density at radius 2 is 1.93 bits per heavy atom. The lowest BCUT2D eigenvalue weighted by Gasteiger charge is -2.18. The standard InChI is InChI=1S/C22H28N2O4S2/c1-27-22(26)20(10-11-30-2)24-21(25)19-12-17(28-13-16(23)14-29)8-9-18(19)15-6-4-3-5-7-15/h3-9,12,16,20,29H,10-11,13-14,23H2,1-2H3,(H,24,25). The van der Waals surface area contributed by atoms with E-state index in [1.807, 2.05) is 42.7 Å². The molecule has 162 valence electrons. The molecule has 2 aromatic rings. The smallest absolute Gasteiger partial charge is 0.328 e. The summed E-state index contributed by atoms with van der Waals surface area (Å²) in [5.41, 5.74) is 7.91. The van der Waals surface area contributed by atoms with Gasteiger partial charge in [0.05, 0.1) is 12.7 Å². The fourth-order valence-electron chi connectivity index (χ4n) is 2.79. The molecule has 0 saturated carbocycles. The van der Waals surface area contributed by atoms with Gasteiger partial charge in [-0.15, -0.1) is 0 Å². The Hall–Kier alpha value is -2.16. The summed E-state index contributed by atoms with van der Waals surface area (Å²) in [7, 11) is 1.31. The minimum Gasteiger partial charge on any atom is -0.492 e. The van der Waals surface area contributed by atoms with Crippen molar-refractivity contribution in [2.75, 3.05) is 31.5 Å².